The molecule has 0 N–H and O–H groups in total. The van der Waals surface area contributed by atoms with E-state index in [9.17, 15) is 8.42 Å². The van der Waals surface area contributed by atoms with Crippen molar-refractivity contribution in [3.8, 4) is 5.69 Å². The van der Waals surface area contributed by atoms with Gasteiger partial charge in [0.05, 0.1) is 18.5 Å². The maximum atomic E-state index is 11.7. The second kappa shape index (κ2) is 6.75. The third-order valence-electron chi connectivity index (χ3n) is 4.15. The Kier molecular flexibility index (Phi) is 4.86. The smallest absolute Gasteiger partial charge is 0.211 e. The minimum absolute atomic E-state index is 0.0869. The molecule has 1 fully saturated rings. The van der Waals surface area contributed by atoms with E-state index in [1.807, 2.05) is 19.1 Å². The molecule has 8 nitrogen and oxygen atoms in total. The maximum Gasteiger partial charge on any atom is 0.211 e. The van der Waals surface area contributed by atoms with Gasteiger partial charge in [0.15, 0.2) is 5.82 Å². The molecule has 2 heterocycles. The number of benzene rings is 1. The molecule has 0 spiro atoms. The first kappa shape index (κ1) is 17.3. The highest BCUT2D eigenvalue weighted by Crippen LogP contribution is 2.17. The minimum Gasteiger partial charge on any atom is -0.291 e. The van der Waals surface area contributed by atoms with Gasteiger partial charge in [0.25, 0.3) is 0 Å². The van der Waals surface area contributed by atoms with Crippen LogP contribution in [0.25, 0.3) is 5.69 Å². The van der Waals surface area contributed by atoms with E-state index in [1.165, 1.54) is 10.6 Å². The van der Waals surface area contributed by atoms with Crippen molar-refractivity contribution in [1.29, 1.82) is 0 Å². The van der Waals surface area contributed by atoms with E-state index in [0.717, 1.165) is 5.69 Å². The summed E-state index contributed by atoms with van der Waals surface area (Å²) in [5, 5.41) is 12.6. The second-order valence-electron chi connectivity index (χ2n) is 5.92. The fraction of sp³-hybridized carbons (Fsp3) is 0.500. The van der Waals surface area contributed by atoms with Gasteiger partial charge in [-0.15, -0.1) is 5.10 Å². The van der Waals surface area contributed by atoms with Gasteiger partial charge in [0.1, 0.15) is 0 Å². The Bertz CT molecular complexity index is 807. The molecule has 24 heavy (non-hydrogen) atoms. The van der Waals surface area contributed by atoms with Crippen molar-refractivity contribution < 1.29 is 8.42 Å². The van der Waals surface area contributed by atoms with Crippen LogP contribution < -0.4 is 0 Å². The molecule has 0 amide bonds. The Morgan fingerprint density at radius 1 is 1.25 bits per heavy atom. The highest BCUT2D eigenvalue weighted by atomic mass is 35.5. The average molecular weight is 371 g/mol. The van der Waals surface area contributed by atoms with Gasteiger partial charge >= 0.3 is 0 Å². The van der Waals surface area contributed by atoms with Gasteiger partial charge in [-0.1, -0.05) is 11.6 Å². The van der Waals surface area contributed by atoms with Crippen LogP contribution >= 0.6 is 11.6 Å². The molecule has 1 aliphatic heterocycles. The van der Waals surface area contributed by atoms with Crippen molar-refractivity contribution in [3.05, 3.63) is 35.1 Å². The van der Waals surface area contributed by atoms with Gasteiger partial charge in [-0.25, -0.2) is 8.42 Å². The van der Waals surface area contributed by atoms with Crippen molar-refractivity contribution in [2.75, 3.05) is 25.9 Å². The molecule has 3 rings (SSSR count). The highest BCUT2D eigenvalue weighted by molar-refractivity contribution is 7.88. The quantitative estimate of drug-likeness (QED) is 0.790. The zero-order chi connectivity index (χ0) is 17.3. The number of piperazine rings is 1. The topological polar surface area (TPSA) is 84.2 Å². The van der Waals surface area contributed by atoms with Gasteiger partial charge in [0, 0.05) is 30.7 Å². The molecule has 10 heteroatoms. The van der Waals surface area contributed by atoms with Gasteiger partial charge in [-0.2, -0.15) is 8.99 Å². The van der Waals surface area contributed by atoms with Crippen molar-refractivity contribution in [1.82, 2.24) is 29.4 Å². The highest BCUT2D eigenvalue weighted by Gasteiger charge is 2.29. The zero-order valence-electron chi connectivity index (χ0n) is 13.5. The van der Waals surface area contributed by atoms with Crippen molar-refractivity contribution >= 4 is 21.6 Å². The summed E-state index contributed by atoms with van der Waals surface area (Å²) in [7, 11) is -3.15. The molecule has 1 unspecified atom stereocenters. The predicted octanol–water partition coefficient (Wildman–Crippen LogP) is 0.781. The van der Waals surface area contributed by atoms with Crippen LogP contribution in [0, 0.1) is 0 Å². The lowest BCUT2D eigenvalue weighted by Gasteiger charge is -2.38. The number of hydrogen-bond donors (Lipinski definition) is 0. The van der Waals surface area contributed by atoms with E-state index in [4.69, 9.17) is 11.6 Å². The van der Waals surface area contributed by atoms with E-state index in [2.05, 4.69) is 20.4 Å². The van der Waals surface area contributed by atoms with Crippen LogP contribution in [0.5, 0.6) is 0 Å². The number of rotatable bonds is 4. The molecule has 0 radical (unpaired) electrons. The molecular weight excluding hydrogens is 352 g/mol. The molecule has 1 atom stereocenters. The van der Waals surface area contributed by atoms with Crippen LogP contribution in [0.15, 0.2) is 24.3 Å². The van der Waals surface area contributed by atoms with E-state index in [1.54, 1.807) is 16.8 Å². The minimum atomic E-state index is -3.15. The number of nitrogens with zero attached hydrogens (tertiary/aromatic N) is 6. The van der Waals surface area contributed by atoms with E-state index in [-0.39, 0.29) is 6.04 Å². The Morgan fingerprint density at radius 3 is 2.58 bits per heavy atom. The average Bonchev–Trinajstić information content (AvgIpc) is 2.97. The second-order valence-corrected chi connectivity index (χ2v) is 8.34. The SMILES string of the molecule is CC1CN(S(C)(=O)=O)CCN1Cc1nnnn1-c1ccc(Cl)cc1. The molecule has 0 aliphatic carbocycles. The molecule has 1 saturated heterocycles. The van der Waals surface area contributed by atoms with Gasteiger partial charge < -0.3 is 0 Å². The zero-order valence-corrected chi connectivity index (χ0v) is 15.1. The fourth-order valence-corrected chi connectivity index (χ4v) is 3.79. The van der Waals surface area contributed by atoms with Gasteiger partial charge in [0.2, 0.25) is 10.0 Å². The summed E-state index contributed by atoms with van der Waals surface area (Å²) in [6.07, 6.45) is 1.25. The van der Waals surface area contributed by atoms with E-state index < -0.39 is 10.0 Å². The number of halogens is 1. The number of sulfonamides is 1. The maximum absolute atomic E-state index is 11.7. The fourth-order valence-electron chi connectivity index (χ4n) is 2.77. The van der Waals surface area contributed by atoms with E-state index >= 15 is 0 Å². The number of aromatic nitrogens is 4. The summed E-state index contributed by atoms with van der Waals surface area (Å²) in [6.45, 7) is 4.15. The summed E-state index contributed by atoms with van der Waals surface area (Å²) in [4.78, 5) is 2.18. The third kappa shape index (κ3) is 3.75. The molecule has 0 bridgehead atoms. The Morgan fingerprint density at radius 2 is 1.96 bits per heavy atom. The lowest BCUT2D eigenvalue weighted by molar-refractivity contribution is 0.118. The lowest BCUT2D eigenvalue weighted by atomic mass is 10.2. The van der Waals surface area contributed by atoms with Crippen molar-refractivity contribution in [2.45, 2.75) is 19.5 Å². The molecule has 1 aromatic heterocycles. The molecular formula is C14H19ClN6O2S. The molecule has 2 aromatic rings. The van der Waals surface area contributed by atoms with Crippen LogP contribution in [-0.4, -0.2) is 69.8 Å². The Hall–Kier alpha value is -1.55. The van der Waals surface area contributed by atoms with Crippen LogP contribution in [0.1, 0.15) is 12.7 Å². The Balaban J connectivity index is 1.74. The van der Waals surface area contributed by atoms with E-state index in [0.29, 0.717) is 37.0 Å². The monoisotopic (exact) mass is 370 g/mol. The Labute approximate surface area is 146 Å². The third-order valence-corrected chi connectivity index (χ3v) is 5.67. The lowest BCUT2D eigenvalue weighted by Crippen LogP contribution is -2.53. The number of tetrazole rings is 1. The molecule has 130 valence electrons. The van der Waals surface area contributed by atoms with Crippen LogP contribution in [-0.2, 0) is 16.6 Å². The van der Waals surface area contributed by atoms with Crippen molar-refractivity contribution in [2.24, 2.45) is 0 Å². The molecule has 1 aromatic carbocycles. The van der Waals surface area contributed by atoms with Crippen LogP contribution in [0.3, 0.4) is 0 Å². The van der Waals surface area contributed by atoms with Gasteiger partial charge in [-0.05, 0) is 41.6 Å². The van der Waals surface area contributed by atoms with Crippen LogP contribution in [0.2, 0.25) is 5.02 Å². The summed E-state index contributed by atoms with van der Waals surface area (Å²) in [6, 6.07) is 7.37. The summed E-state index contributed by atoms with van der Waals surface area (Å²) >= 11 is 5.92. The molecule has 1 aliphatic rings. The predicted molar refractivity (Wildman–Crippen MR) is 90.5 cm³/mol. The summed E-state index contributed by atoms with van der Waals surface area (Å²) in [5.74, 6) is 0.706. The first-order valence-electron chi connectivity index (χ1n) is 7.57. The first-order valence-corrected chi connectivity index (χ1v) is 9.79. The molecule has 0 saturated carbocycles. The normalized spacial score (nSPS) is 20.4. The largest absolute Gasteiger partial charge is 0.291 e. The summed E-state index contributed by atoms with van der Waals surface area (Å²) < 4.78 is 26.5. The van der Waals surface area contributed by atoms with Crippen LogP contribution in [0.4, 0.5) is 0 Å². The van der Waals surface area contributed by atoms with Gasteiger partial charge in [-0.3, -0.25) is 4.90 Å². The summed E-state index contributed by atoms with van der Waals surface area (Å²) in [5.41, 5.74) is 0.835. The number of hydrogen-bond acceptors (Lipinski definition) is 6. The van der Waals surface area contributed by atoms with Crippen molar-refractivity contribution in [3.63, 3.8) is 0 Å². The standard InChI is InChI=1S/C14H19ClN6O2S/c1-11-9-20(24(2,22)23)8-7-19(11)10-14-16-17-18-21(14)13-5-3-12(15)4-6-13/h3-6,11H,7-10H2,1-2H3. The first-order chi connectivity index (χ1) is 11.3.